The summed E-state index contributed by atoms with van der Waals surface area (Å²) in [6, 6.07) is 39.8. The van der Waals surface area contributed by atoms with E-state index in [1.165, 1.54) is 137 Å². The molecule has 0 fully saturated rings. The maximum Gasteiger partial charge on any atom is 0.252 e. The fourth-order valence-corrected chi connectivity index (χ4v) is 15.5. The topological polar surface area (TPSA) is 19.6 Å². The van der Waals surface area contributed by atoms with Crippen LogP contribution in [0.5, 0.6) is 0 Å². The zero-order chi connectivity index (χ0) is 52.3. The molecule has 0 saturated carbocycles. The zero-order valence-corrected chi connectivity index (χ0v) is 47.5. The number of hydrogen-bond donors (Lipinski definition) is 0. The van der Waals surface area contributed by atoms with Crippen molar-refractivity contribution >= 4 is 95.1 Å². The lowest BCUT2D eigenvalue weighted by atomic mass is 9.32. The second kappa shape index (κ2) is 15.6. The molecule has 0 atom stereocenters. The first kappa shape index (κ1) is 46.9. The second-order valence-electron chi connectivity index (χ2n) is 28.2. The Hall–Kier alpha value is -6.40. The van der Waals surface area contributed by atoms with Gasteiger partial charge in [0.1, 0.15) is 0 Å². The molecule has 0 unspecified atom stereocenters. The molecule has 8 heterocycles. The number of benzene rings is 7. The summed E-state index contributed by atoms with van der Waals surface area (Å²) in [4.78, 5) is 8.61. The van der Waals surface area contributed by atoms with Crippen molar-refractivity contribution in [2.45, 2.75) is 156 Å². The van der Waals surface area contributed by atoms with Gasteiger partial charge in [-0.2, -0.15) is 0 Å². The van der Waals surface area contributed by atoms with Gasteiger partial charge in [0.25, 0.3) is 6.71 Å². The van der Waals surface area contributed by atoms with Gasteiger partial charge in [0.2, 0.25) is 0 Å². The summed E-state index contributed by atoms with van der Waals surface area (Å²) in [5.41, 5.74) is 32.4. The largest absolute Gasteiger partial charge is 0.371 e. The molecule has 0 bridgehead atoms. The van der Waals surface area contributed by atoms with Crippen molar-refractivity contribution in [2.24, 2.45) is 0 Å². The molecule has 0 amide bonds. The number of hydrogen-bond acceptors (Lipinski definition) is 3. The highest BCUT2D eigenvalue weighted by Crippen LogP contribution is 2.54. The van der Waals surface area contributed by atoms with Crippen LogP contribution in [0.2, 0.25) is 0 Å². The highest BCUT2D eigenvalue weighted by Gasteiger charge is 2.50. The van der Waals surface area contributed by atoms with Crippen LogP contribution in [0.3, 0.4) is 0 Å². The summed E-state index contributed by atoms with van der Waals surface area (Å²) in [5, 5.41) is 5.46. The van der Waals surface area contributed by atoms with E-state index in [0.717, 1.165) is 51.6 Å². The van der Waals surface area contributed by atoms with Gasteiger partial charge in [-0.15, -0.1) is 0 Å². The van der Waals surface area contributed by atoms with E-state index < -0.39 is 0 Å². The summed E-state index contributed by atoms with van der Waals surface area (Å²) in [7, 11) is 0. The predicted molar refractivity (Wildman–Crippen MR) is 327 cm³/mol. The van der Waals surface area contributed by atoms with Gasteiger partial charge < -0.3 is 23.8 Å². The maximum absolute atomic E-state index is 2.89. The molecule has 6 heteroatoms. The Balaban J connectivity index is 1.01. The number of nitrogens with zero attached hydrogens (tertiary/aromatic N) is 5. The van der Waals surface area contributed by atoms with Crippen molar-refractivity contribution in [1.82, 2.24) is 9.13 Å². The van der Waals surface area contributed by atoms with E-state index in [1.54, 1.807) is 33.7 Å². The van der Waals surface area contributed by atoms with Gasteiger partial charge in [0, 0.05) is 76.2 Å². The molecule has 6 aliphatic rings. The third kappa shape index (κ3) is 6.45. The van der Waals surface area contributed by atoms with Gasteiger partial charge in [-0.05, 0) is 195 Å². The van der Waals surface area contributed by atoms with Crippen LogP contribution in [0.1, 0.15) is 153 Å². The van der Waals surface area contributed by atoms with Gasteiger partial charge in [-0.3, -0.25) is 0 Å². The highest BCUT2D eigenvalue weighted by molar-refractivity contribution is 7.00. The summed E-state index contributed by atoms with van der Waals surface area (Å²) < 4.78 is 5.34. The van der Waals surface area contributed by atoms with Crippen LogP contribution in [0.15, 0.2) is 97.1 Å². The molecule has 0 spiro atoms. The Morgan fingerprint density at radius 3 is 1.01 bits per heavy atom. The predicted octanol–water partition coefficient (Wildman–Crippen LogP) is 15.1. The Labute approximate surface area is 452 Å². The molecule has 5 nitrogen and oxygen atoms in total. The Morgan fingerprint density at radius 1 is 0.342 bits per heavy atom. The molecule has 76 heavy (non-hydrogen) atoms. The van der Waals surface area contributed by atoms with Crippen LogP contribution < -0.4 is 31.1 Å². The van der Waals surface area contributed by atoms with Crippen LogP contribution in [0.4, 0.5) is 28.4 Å². The standard InChI is InChI=1S/C70H76BN5/c1-67(2,3)41-21-27-57-49(37-41)50-38-42(68(4,5)6)22-28-58(50)75(57)55-31-25-53-63-45(55)17-15-35-73(63)65-47-19-13-33-72-34-14-20-48(62(47)72)66-61(65)71(53)54-26-32-56(46-18-16-36-74(66)64(46)54)76-59-29-23-43(69(7,8)9)39-51(59)52-40-44(70(10,11)12)24-30-60(52)76/h21-32,37-40H,13-20,33-36H2,1-12H3. The van der Waals surface area contributed by atoms with Crippen LogP contribution >= 0.6 is 0 Å². The first-order chi connectivity index (χ1) is 36.3. The highest BCUT2D eigenvalue weighted by atomic mass is 15.2. The van der Waals surface area contributed by atoms with Crippen molar-refractivity contribution in [3.63, 3.8) is 0 Å². The Kier molecular flexibility index (Phi) is 9.64. The van der Waals surface area contributed by atoms with E-state index in [0.29, 0.717) is 0 Å². The molecule has 0 radical (unpaired) electrons. The van der Waals surface area contributed by atoms with Crippen LogP contribution in [0.25, 0.3) is 55.0 Å². The molecule has 15 rings (SSSR count). The average Bonchev–Trinajstić information content (AvgIpc) is 4.04. The lowest BCUT2D eigenvalue weighted by Gasteiger charge is -2.52. The third-order valence-corrected chi connectivity index (χ3v) is 19.3. The van der Waals surface area contributed by atoms with Crippen molar-refractivity contribution in [1.29, 1.82) is 0 Å². The summed E-state index contributed by atoms with van der Waals surface area (Å²) in [6.45, 7) is 32.9. The van der Waals surface area contributed by atoms with E-state index in [-0.39, 0.29) is 28.4 Å². The van der Waals surface area contributed by atoms with Gasteiger partial charge in [-0.25, -0.2) is 0 Å². The van der Waals surface area contributed by atoms with Crippen LogP contribution in [0, 0.1) is 0 Å². The quantitative estimate of drug-likeness (QED) is 0.161. The van der Waals surface area contributed by atoms with Crippen molar-refractivity contribution < 1.29 is 0 Å². The molecule has 0 N–H and O–H groups in total. The monoisotopic (exact) mass is 998 g/mol. The lowest BCUT2D eigenvalue weighted by molar-refractivity contribution is 0.590. The first-order valence-corrected chi connectivity index (χ1v) is 29.3. The van der Waals surface area contributed by atoms with Crippen LogP contribution in [-0.4, -0.2) is 42.0 Å². The first-order valence-electron chi connectivity index (χ1n) is 29.3. The summed E-state index contributed by atoms with van der Waals surface area (Å²) in [6.07, 6.45) is 9.20. The van der Waals surface area contributed by atoms with Crippen molar-refractivity contribution in [3.05, 3.63) is 142 Å². The van der Waals surface area contributed by atoms with Crippen LogP contribution in [-0.2, 0) is 47.3 Å². The third-order valence-electron chi connectivity index (χ3n) is 19.3. The number of anilines is 5. The van der Waals surface area contributed by atoms with Gasteiger partial charge in [0.15, 0.2) is 0 Å². The van der Waals surface area contributed by atoms with E-state index in [2.05, 4.69) is 204 Å². The average molecular weight is 998 g/mol. The van der Waals surface area contributed by atoms with E-state index in [9.17, 15) is 0 Å². The fourth-order valence-electron chi connectivity index (χ4n) is 15.5. The molecular weight excluding hydrogens is 922 g/mol. The second-order valence-corrected chi connectivity index (χ2v) is 28.2. The molecule has 0 saturated heterocycles. The van der Waals surface area contributed by atoms with E-state index in [1.807, 2.05) is 0 Å². The molecule has 2 aromatic heterocycles. The van der Waals surface area contributed by atoms with Crippen molar-refractivity contribution in [2.75, 3.05) is 40.9 Å². The van der Waals surface area contributed by atoms with Gasteiger partial charge in [0.05, 0.1) is 33.4 Å². The summed E-state index contributed by atoms with van der Waals surface area (Å²) >= 11 is 0. The van der Waals surface area contributed by atoms with Crippen molar-refractivity contribution in [3.8, 4) is 11.4 Å². The molecule has 7 aromatic carbocycles. The maximum atomic E-state index is 2.89. The molecule has 9 aromatic rings. The molecule has 0 aliphatic carbocycles. The number of fused-ring (bicyclic) bond motifs is 12. The van der Waals surface area contributed by atoms with E-state index in [4.69, 9.17) is 0 Å². The molecular formula is C70H76BN5. The number of aromatic nitrogens is 2. The fraction of sp³-hybridized carbons (Fsp3) is 0.400. The number of rotatable bonds is 2. The SMILES string of the molecule is CC(C)(C)c1ccc2c(c1)c1cc(C(C)(C)C)ccc1n2-c1ccc2c3c1CCCN3c1c3c4c(c5c1B2c1ccc(-n2c6ccc(C(C)(C)C)cc6c6cc(C(C)(C)C)ccc62)c2c1N5CCC2)CCCN4CCC3. The Bertz CT molecular complexity index is 3620. The molecule has 384 valence electrons. The minimum atomic E-state index is 0.0482. The summed E-state index contributed by atoms with van der Waals surface area (Å²) in [5.74, 6) is 0. The molecule has 6 aliphatic heterocycles. The minimum Gasteiger partial charge on any atom is -0.371 e. The van der Waals surface area contributed by atoms with Gasteiger partial charge >= 0.3 is 0 Å². The minimum absolute atomic E-state index is 0.0482. The van der Waals surface area contributed by atoms with E-state index >= 15 is 0 Å². The van der Waals surface area contributed by atoms with Gasteiger partial charge in [-0.1, -0.05) is 119 Å². The zero-order valence-electron chi connectivity index (χ0n) is 47.5. The normalized spacial score (nSPS) is 17.0. The Morgan fingerprint density at radius 2 is 0.671 bits per heavy atom. The lowest BCUT2D eigenvalue weighted by Crippen LogP contribution is -2.64. The smallest absolute Gasteiger partial charge is 0.252 e.